The molecular formula is C25H21ClN2O4. The molecule has 0 amide bonds. The Morgan fingerprint density at radius 2 is 1.81 bits per heavy atom. The molecule has 4 rings (SSSR count). The largest absolute Gasteiger partial charge is 0.465 e. The van der Waals surface area contributed by atoms with E-state index in [2.05, 4.69) is 9.98 Å². The van der Waals surface area contributed by atoms with Crippen LogP contribution >= 0.6 is 11.6 Å². The highest BCUT2D eigenvalue weighted by atomic mass is 35.5. The molecule has 0 saturated heterocycles. The minimum absolute atomic E-state index is 0.0700. The molecule has 32 heavy (non-hydrogen) atoms. The zero-order valence-corrected chi connectivity index (χ0v) is 18.2. The Bertz CT molecular complexity index is 1220. The van der Waals surface area contributed by atoms with Crippen molar-refractivity contribution in [2.75, 3.05) is 19.8 Å². The van der Waals surface area contributed by atoms with Crippen molar-refractivity contribution in [1.82, 2.24) is 0 Å². The van der Waals surface area contributed by atoms with E-state index >= 15 is 0 Å². The molecule has 0 N–H and O–H groups in total. The van der Waals surface area contributed by atoms with Crippen molar-refractivity contribution in [2.24, 2.45) is 15.9 Å². The zero-order chi connectivity index (χ0) is 22.5. The predicted octanol–water partition coefficient (Wildman–Crippen LogP) is 5.03. The van der Waals surface area contributed by atoms with Gasteiger partial charge in [-0.05, 0) is 36.6 Å². The van der Waals surface area contributed by atoms with Gasteiger partial charge in [-0.25, -0.2) is 4.79 Å². The van der Waals surface area contributed by atoms with Crippen LogP contribution in [0.3, 0.4) is 0 Å². The van der Waals surface area contributed by atoms with Crippen LogP contribution < -0.4 is 0 Å². The molecule has 0 bridgehead atoms. The first-order valence-corrected chi connectivity index (χ1v) is 10.7. The third kappa shape index (κ3) is 4.55. The molecule has 0 spiro atoms. The number of rotatable bonds is 6. The van der Waals surface area contributed by atoms with Crippen molar-refractivity contribution < 1.29 is 19.1 Å². The Hall–Kier alpha value is -3.51. The summed E-state index contributed by atoms with van der Waals surface area (Å²) >= 11 is 5.85. The summed E-state index contributed by atoms with van der Waals surface area (Å²) in [5.41, 5.74) is 2.50. The maximum atomic E-state index is 12.5. The highest BCUT2D eigenvalue weighted by Gasteiger charge is 2.30. The van der Waals surface area contributed by atoms with Crippen LogP contribution in [-0.2, 0) is 14.3 Å². The molecule has 1 aliphatic rings. The monoisotopic (exact) mass is 448 g/mol. The maximum Gasteiger partial charge on any atom is 0.338 e. The fourth-order valence-corrected chi connectivity index (χ4v) is 3.68. The van der Waals surface area contributed by atoms with E-state index in [1.165, 1.54) is 0 Å². The van der Waals surface area contributed by atoms with Gasteiger partial charge in [0.25, 0.3) is 0 Å². The van der Waals surface area contributed by atoms with Crippen molar-refractivity contribution >= 4 is 51.9 Å². The number of carbonyl (C=O) groups excluding carboxylic acids is 2. The fraction of sp³-hybridized carbons (Fsp3) is 0.200. The molecule has 0 aliphatic carbocycles. The van der Waals surface area contributed by atoms with Gasteiger partial charge in [-0.2, -0.15) is 0 Å². The van der Waals surface area contributed by atoms with Crippen molar-refractivity contribution in [2.45, 2.75) is 6.92 Å². The van der Waals surface area contributed by atoms with Gasteiger partial charge in [0.05, 0.1) is 30.1 Å². The summed E-state index contributed by atoms with van der Waals surface area (Å²) in [6, 6.07) is 18.3. The first-order chi connectivity index (χ1) is 15.6. The van der Waals surface area contributed by atoms with E-state index in [9.17, 15) is 9.59 Å². The van der Waals surface area contributed by atoms with Crippen molar-refractivity contribution in [3.8, 4) is 0 Å². The summed E-state index contributed by atoms with van der Waals surface area (Å²) in [5, 5.41) is 2.57. The quantitative estimate of drug-likeness (QED) is 0.391. The van der Waals surface area contributed by atoms with Gasteiger partial charge in [0.1, 0.15) is 12.5 Å². The van der Waals surface area contributed by atoms with Crippen molar-refractivity contribution in [3.05, 3.63) is 76.8 Å². The number of esters is 2. The lowest BCUT2D eigenvalue weighted by atomic mass is 9.91. The number of halogens is 1. The summed E-state index contributed by atoms with van der Waals surface area (Å²) in [7, 11) is 0. The number of benzene rings is 3. The molecule has 3 aromatic carbocycles. The van der Waals surface area contributed by atoms with Gasteiger partial charge >= 0.3 is 11.9 Å². The minimum atomic E-state index is -0.712. The lowest BCUT2D eigenvalue weighted by Gasteiger charge is -2.21. The Labute approximate surface area is 190 Å². The highest BCUT2D eigenvalue weighted by molar-refractivity contribution is 6.30. The van der Waals surface area contributed by atoms with E-state index in [1.54, 1.807) is 37.4 Å². The van der Waals surface area contributed by atoms with E-state index < -0.39 is 17.9 Å². The van der Waals surface area contributed by atoms with Crippen molar-refractivity contribution in [3.63, 3.8) is 0 Å². The van der Waals surface area contributed by atoms with Gasteiger partial charge in [0.15, 0.2) is 0 Å². The van der Waals surface area contributed by atoms with Gasteiger partial charge in [-0.1, -0.05) is 48.0 Å². The standard InChI is InChI=1S/C25H21ClN2O4/c1-2-31-25(30)21-15-28-22-19-6-4-3-5-16(19)9-12-20(22)23(21)27-13-14-32-24(29)17-7-10-18(26)11-8-17/h3-12,15,21H,2,13-14H2,1H3. The first-order valence-electron chi connectivity index (χ1n) is 10.3. The van der Waals surface area contributed by atoms with E-state index in [0.717, 1.165) is 22.0 Å². The summed E-state index contributed by atoms with van der Waals surface area (Å²) in [4.78, 5) is 33.9. The van der Waals surface area contributed by atoms with E-state index in [1.807, 2.05) is 36.4 Å². The second kappa shape index (κ2) is 9.75. The molecule has 1 atom stereocenters. The number of ether oxygens (including phenoxy) is 2. The van der Waals surface area contributed by atoms with Crippen LogP contribution in [0.2, 0.25) is 5.02 Å². The molecule has 0 saturated carbocycles. The second-order valence-corrected chi connectivity index (χ2v) is 7.54. The normalized spacial score (nSPS) is 16.1. The average Bonchev–Trinajstić information content (AvgIpc) is 2.81. The molecule has 1 unspecified atom stereocenters. The molecule has 6 nitrogen and oxygen atoms in total. The van der Waals surface area contributed by atoms with Gasteiger partial charge in [0.2, 0.25) is 0 Å². The molecule has 1 heterocycles. The summed E-state index contributed by atoms with van der Waals surface area (Å²) in [6.45, 7) is 2.29. The van der Waals surface area contributed by atoms with E-state index in [4.69, 9.17) is 21.1 Å². The van der Waals surface area contributed by atoms with Crippen LogP contribution in [0.15, 0.2) is 70.6 Å². The molecule has 0 aromatic heterocycles. The van der Waals surface area contributed by atoms with Crippen LogP contribution in [-0.4, -0.2) is 43.6 Å². The average molecular weight is 449 g/mol. The summed E-state index contributed by atoms with van der Waals surface area (Å²) in [5.74, 6) is -1.58. The second-order valence-electron chi connectivity index (χ2n) is 7.10. The lowest BCUT2D eigenvalue weighted by molar-refractivity contribution is -0.143. The fourth-order valence-electron chi connectivity index (χ4n) is 3.55. The van der Waals surface area contributed by atoms with Crippen LogP contribution in [0.5, 0.6) is 0 Å². The van der Waals surface area contributed by atoms with Crippen LogP contribution in [0.25, 0.3) is 10.8 Å². The van der Waals surface area contributed by atoms with Gasteiger partial charge in [-0.15, -0.1) is 0 Å². The highest BCUT2D eigenvalue weighted by Crippen LogP contribution is 2.34. The van der Waals surface area contributed by atoms with Crippen molar-refractivity contribution in [1.29, 1.82) is 0 Å². The number of nitrogens with zero attached hydrogens (tertiary/aromatic N) is 2. The molecular weight excluding hydrogens is 428 g/mol. The zero-order valence-electron chi connectivity index (χ0n) is 17.5. The van der Waals surface area contributed by atoms with Crippen LogP contribution in [0, 0.1) is 5.92 Å². The molecule has 1 aliphatic heterocycles. The first kappa shape index (κ1) is 21.7. The van der Waals surface area contributed by atoms with Gasteiger partial charge < -0.3 is 9.47 Å². The Balaban J connectivity index is 1.57. The van der Waals surface area contributed by atoms with Gasteiger partial charge in [-0.3, -0.25) is 14.8 Å². The number of aliphatic imine (C=N–C) groups is 2. The van der Waals surface area contributed by atoms with E-state index in [0.29, 0.717) is 16.3 Å². The molecule has 0 radical (unpaired) electrons. The molecule has 0 fully saturated rings. The lowest BCUT2D eigenvalue weighted by Crippen LogP contribution is -2.31. The van der Waals surface area contributed by atoms with E-state index in [-0.39, 0.29) is 19.8 Å². The number of hydrogen-bond donors (Lipinski definition) is 0. The Morgan fingerprint density at radius 1 is 1.03 bits per heavy atom. The van der Waals surface area contributed by atoms with Gasteiger partial charge in [0, 0.05) is 22.2 Å². The maximum absolute atomic E-state index is 12.5. The van der Waals surface area contributed by atoms with Crippen LogP contribution in [0.1, 0.15) is 22.8 Å². The topological polar surface area (TPSA) is 77.3 Å². The summed E-state index contributed by atoms with van der Waals surface area (Å²) < 4.78 is 10.5. The predicted molar refractivity (Wildman–Crippen MR) is 125 cm³/mol. The SMILES string of the molecule is CCOC(=O)C1C=Nc2c(ccc3ccccc23)C1=NCCOC(=O)c1ccc(Cl)cc1. The molecule has 3 aromatic rings. The minimum Gasteiger partial charge on any atom is -0.465 e. The summed E-state index contributed by atoms with van der Waals surface area (Å²) in [6.07, 6.45) is 1.57. The molecule has 7 heteroatoms. The van der Waals surface area contributed by atoms with Crippen LogP contribution in [0.4, 0.5) is 5.69 Å². The smallest absolute Gasteiger partial charge is 0.338 e. The third-order valence-corrected chi connectivity index (χ3v) is 5.30. The number of hydrogen-bond acceptors (Lipinski definition) is 6. The number of carbonyl (C=O) groups is 2. The Kier molecular flexibility index (Phi) is 6.61. The third-order valence-electron chi connectivity index (χ3n) is 5.05. The Morgan fingerprint density at radius 3 is 2.59 bits per heavy atom. The number of fused-ring (bicyclic) bond motifs is 3. The molecule has 162 valence electrons.